The minimum atomic E-state index is -4.22. The second kappa shape index (κ2) is 10.1. The Morgan fingerprint density at radius 2 is 1.62 bits per heavy atom. The molecule has 192 valence electrons. The molecular weight excluding hydrogens is 527 g/mol. The number of aliphatic carboxylic acids is 1. The highest BCUT2D eigenvalue weighted by molar-refractivity contribution is 6.30. The summed E-state index contributed by atoms with van der Waals surface area (Å²) >= 11 is 12.0. The highest BCUT2D eigenvalue weighted by atomic mass is 35.5. The lowest BCUT2D eigenvalue weighted by Crippen LogP contribution is -2.42. The number of hydrogen-bond acceptors (Lipinski definition) is 4. The molecule has 1 aromatic heterocycles. The number of carbonyl (C=O) groups is 2. The van der Waals surface area contributed by atoms with Gasteiger partial charge in [0.2, 0.25) is 0 Å². The first kappa shape index (κ1) is 26.5. The molecule has 0 aliphatic carbocycles. The number of aryl methyl sites for hydroxylation is 1. The number of carboxylic acids is 1. The van der Waals surface area contributed by atoms with Crippen molar-refractivity contribution in [1.29, 1.82) is 0 Å². The number of benzene rings is 2. The van der Waals surface area contributed by atoms with E-state index < -0.39 is 35.8 Å². The van der Waals surface area contributed by atoms with E-state index in [0.29, 0.717) is 37.4 Å². The maximum atomic E-state index is 14.6. The van der Waals surface area contributed by atoms with E-state index >= 15 is 0 Å². The molecule has 7 nitrogen and oxygen atoms in total. The Morgan fingerprint density at radius 1 is 1.05 bits per heavy atom. The molecule has 1 aliphatic heterocycles. The van der Waals surface area contributed by atoms with Crippen LogP contribution in [0.2, 0.25) is 10.0 Å². The molecule has 1 atom stereocenters. The molecule has 1 unspecified atom stereocenters. The van der Waals surface area contributed by atoms with E-state index in [1.54, 1.807) is 50.2 Å². The predicted molar refractivity (Wildman–Crippen MR) is 136 cm³/mol. The maximum Gasteiger partial charge on any atom is 0.337 e. The molecule has 2 aromatic carbocycles. The van der Waals surface area contributed by atoms with Gasteiger partial charge in [0, 0.05) is 27.7 Å². The zero-order chi connectivity index (χ0) is 27.1. The molecule has 2 N–H and O–H groups in total. The number of carboxylic acid groups (broad SMARTS) is 1. The molecule has 0 saturated carbocycles. The van der Waals surface area contributed by atoms with E-state index in [1.807, 2.05) is 0 Å². The lowest BCUT2D eigenvalue weighted by molar-refractivity contribution is -0.167. The molecule has 4 rings (SSSR count). The van der Waals surface area contributed by atoms with Gasteiger partial charge in [-0.25, -0.2) is 5.01 Å². The van der Waals surface area contributed by atoms with E-state index in [2.05, 4.69) is 10.1 Å². The van der Waals surface area contributed by atoms with Crippen molar-refractivity contribution in [2.45, 2.75) is 38.7 Å². The number of aromatic nitrogens is 1. The molecule has 37 heavy (non-hydrogen) atoms. The summed E-state index contributed by atoms with van der Waals surface area (Å²) in [6, 6.07) is 11.9. The van der Waals surface area contributed by atoms with Crippen LogP contribution in [-0.2, 0) is 9.59 Å². The van der Waals surface area contributed by atoms with Gasteiger partial charge in [0.05, 0.1) is 17.3 Å². The molecule has 0 saturated heterocycles. The fourth-order valence-electron chi connectivity index (χ4n) is 4.29. The van der Waals surface area contributed by atoms with Crippen molar-refractivity contribution < 1.29 is 23.5 Å². The first-order valence-corrected chi connectivity index (χ1v) is 11.9. The van der Waals surface area contributed by atoms with Crippen molar-refractivity contribution in [1.82, 2.24) is 9.99 Å². The highest BCUT2D eigenvalue weighted by Gasteiger charge is 2.49. The monoisotopic (exact) mass is 547 g/mol. The molecule has 1 amide bonds. The van der Waals surface area contributed by atoms with Crippen molar-refractivity contribution in [3.8, 4) is 11.1 Å². The number of halogens is 4. The molecule has 3 aromatic rings. The minimum absolute atomic E-state index is 0.0668. The number of pyridine rings is 1. The number of nitrogens with one attached hydrogen (secondary N) is 1. The quantitative estimate of drug-likeness (QED) is 0.409. The molecule has 1 aliphatic rings. The minimum Gasteiger partial charge on any atom is -0.481 e. The summed E-state index contributed by atoms with van der Waals surface area (Å²) in [5.41, 5.74) is 2.67. The number of alkyl halides is 2. The number of aromatic amines is 1. The summed E-state index contributed by atoms with van der Waals surface area (Å²) in [7, 11) is 0. The molecule has 2 heterocycles. The summed E-state index contributed by atoms with van der Waals surface area (Å²) in [4.78, 5) is 39.9. The lowest BCUT2D eigenvalue weighted by atomic mass is 9.90. The Hall–Kier alpha value is -3.56. The van der Waals surface area contributed by atoms with Crippen LogP contribution < -0.4 is 5.56 Å². The standard InChI is InChI=1S/C26H21Cl2F2N3O4/c1-13-14(2)31-24(36)23(22(13)16-5-9-18(28)10-6-16)19-11-20(15-3-7-17(27)8-4-15)33(32-19)25(37)26(29,30)12-21(34)35/h3-10,20H,11-12H2,1-2H3,(H,31,36)(H,34,35). The number of hydrogen-bond donors (Lipinski definition) is 2. The third kappa shape index (κ3) is 5.28. The second-order valence-electron chi connectivity index (χ2n) is 8.70. The number of amides is 1. The molecular formula is C26H21Cl2F2N3O4. The predicted octanol–water partition coefficient (Wildman–Crippen LogP) is 5.75. The van der Waals surface area contributed by atoms with Crippen LogP contribution in [0.3, 0.4) is 0 Å². The second-order valence-corrected chi connectivity index (χ2v) is 9.58. The molecule has 0 radical (unpaired) electrons. The van der Waals surface area contributed by atoms with Crippen molar-refractivity contribution in [3.63, 3.8) is 0 Å². The first-order valence-electron chi connectivity index (χ1n) is 11.1. The largest absolute Gasteiger partial charge is 0.481 e. The zero-order valence-corrected chi connectivity index (χ0v) is 21.2. The summed E-state index contributed by atoms with van der Waals surface area (Å²) in [5.74, 6) is -7.83. The Morgan fingerprint density at radius 3 is 2.19 bits per heavy atom. The van der Waals surface area contributed by atoms with Gasteiger partial charge in [0.25, 0.3) is 5.56 Å². The lowest BCUT2D eigenvalue weighted by Gasteiger charge is -2.25. The fraction of sp³-hybridized carbons (Fsp3) is 0.231. The topological polar surface area (TPSA) is 103 Å². The number of H-pyrrole nitrogens is 1. The number of carbonyl (C=O) groups excluding carboxylic acids is 1. The van der Waals surface area contributed by atoms with Crippen molar-refractivity contribution in [3.05, 3.63) is 91.3 Å². The summed E-state index contributed by atoms with van der Waals surface area (Å²) in [5, 5.41) is 14.6. The van der Waals surface area contributed by atoms with Gasteiger partial charge in [-0.2, -0.15) is 13.9 Å². The van der Waals surface area contributed by atoms with Crippen molar-refractivity contribution in [2.75, 3.05) is 0 Å². The van der Waals surface area contributed by atoms with E-state index in [4.69, 9.17) is 28.3 Å². The summed E-state index contributed by atoms with van der Waals surface area (Å²) in [6.07, 6.45) is -1.76. The Balaban J connectivity index is 1.90. The SMILES string of the molecule is Cc1[nH]c(=O)c(C2=NN(C(=O)C(F)(F)CC(=O)O)C(c3ccc(Cl)cc3)C2)c(-c2ccc(Cl)cc2)c1C. The average molecular weight is 548 g/mol. The highest BCUT2D eigenvalue weighted by Crippen LogP contribution is 2.38. The third-order valence-corrected chi connectivity index (χ3v) is 6.70. The fourth-order valence-corrected chi connectivity index (χ4v) is 4.55. The van der Waals surface area contributed by atoms with E-state index in [-0.39, 0.29) is 17.7 Å². The number of rotatable bonds is 6. The van der Waals surface area contributed by atoms with Gasteiger partial charge in [-0.1, -0.05) is 47.5 Å². The van der Waals surface area contributed by atoms with Gasteiger partial charge in [-0.15, -0.1) is 0 Å². The molecule has 0 spiro atoms. The summed E-state index contributed by atoms with van der Waals surface area (Å²) < 4.78 is 29.3. The van der Waals surface area contributed by atoms with Crippen LogP contribution in [0.1, 0.15) is 41.3 Å². The molecule has 0 fully saturated rings. The van der Waals surface area contributed by atoms with Crippen molar-refractivity contribution >= 4 is 40.8 Å². The van der Waals surface area contributed by atoms with E-state index in [9.17, 15) is 23.2 Å². The van der Waals surface area contributed by atoms with Crippen LogP contribution in [-0.4, -0.2) is 38.6 Å². The Labute approximate surface area is 220 Å². The van der Waals surface area contributed by atoms with Gasteiger partial charge < -0.3 is 10.1 Å². The van der Waals surface area contributed by atoms with Crippen LogP contribution in [0.25, 0.3) is 11.1 Å². The van der Waals surface area contributed by atoms with Gasteiger partial charge in [0.1, 0.15) is 6.42 Å². The van der Waals surface area contributed by atoms with Crippen molar-refractivity contribution in [2.24, 2.45) is 5.10 Å². The van der Waals surface area contributed by atoms with Gasteiger partial charge in [-0.3, -0.25) is 14.4 Å². The summed E-state index contributed by atoms with van der Waals surface area (Å²) in [6.45, 7) is 3.53. The normalized spacial score (nSPS) is 15.6. The molecule has 0 bridgehead atoms. The smallest absolute Gasteiger partial charge is 0.337 e. The van der Waals surface area contributed by atoms with Crippen LogP contribution >= 0.6 is 23.2 Å². The zero-order valence-electron chi connectivity index (χ0n) is 19.7. The first-order chi connectivity index (χ1) is 17.4. The van der Waals surface area contributed by atoms with E-state index in [1.165, 1.54) is 12.1 Å². The van der Waals surface area contributed by atoms with Gasteiger partial charge >= 0.3 is 17.8 Å². The number of hydrazone groups is 1. The Kier molecular flexibility index (Phi) is 7.21. The number of nitrogens with zero attached hydrogens (tertiary/aromatic N) is 2. The Bertz CT molecular complexity index is 1470. The van der Waals surface area contributed by atoms with E-state index in [0.717, 1.165) is 5.56 Å². The maximum absolute atomic E-state index is 14.6. The van der Waals surface area contributed by atoms with Gasteiger partial charge in [-0.05, 0) is 54.8 Å². The average Bonchev–Trinajstić information content (AvgIpc) is 3.25. The van der Waals surface area contributed by atoms with Crippen LogP contribution in [0.15, 0.2) is 58.4 Å². The molecule has 11 heteroatoms. The van der Waals surface area contributed by atoms with Crippen LogP contribution in [0.5, 0.6) is 0 Å². The van der Waals surface area contributed by atoms with Crippen LogP contribution in [0.4, 0.5) is 8.78 Å². The van der Waals surface area contributed by atoms with Crippen LogP contribution in [0, 0.1) is 13.8 Å². The third-order valence-electron chi connectivity index (χ3n) is 6.20. The van der Waals surface area contributed by atoms with Gasteiger partial charge in [0.15, 0.2) is 0 Å².